The normalized spacial score (nSPS) is 11.2. The van der Waals surface area contributed by atoms with E-state index < -0.39 is 0 Å². The van der Waals surface area contributed by atoms with Crippen molar-refractivity contribution in [3.05, 3.63) is 167 Å². The molecular formula is C49H47NO6. The van der Waals surface area contributed by atoms with E-state index >= 15 is 0 Å². The van der Waals surface area contributed by atoms with Crippen LogP contribution in [0.1, 0.15) is 33.4 Å². The molecule has 284 valence electrons. The molecule has 0 aromatic heterocycles. The number of nitrogens with zero attached hydrogens (tertiary/aromatic N) is 1. The highest BCUT2D eigenvalue weighted by Crippen LogP contribution is 2.36. The third-order valence-corrected chi connectivity index (χ3v) is 9.32. The molecular weight excluding hydrogens is 699 g/mol. The second kappa shape index (κ2) is 18.9. The van der Waals surface area contributed by atoms with Gasteiger partial charge in [0.25, 0.3) is 0 Å². The van der Waals surface area contributed by atoms with E-state index in [-0.39, 0.29) is 0 Å². The molecule has 0 radical (unpaired) electrons. The standard InChI is InChI=1S/C49H47NO6/c1-51-44-29-20-38(32-47(44)54-4)9-7-8-35-14-23-41(24-15-35)50(42-25-16-36(17-26-42)10-12-39-21-30-45(52-2)48(33-39)55-5)43-27-18-37(19-28-43)11-13-40-22-31-46(53-3)49(34-40)56-6/h7-8,10-34H,9H2,1-6H3/b8-7+,12-10+,13-11+. The van der Waals surface area contributed by atoms with E-state index in [2.05, 4.69) is 120 Å². The second-order valence-electron chi connectivity index (χ2n) is 12.8. The summed E-state index contributed by atoms with van der Waals surface area (Å²) >= 11 is 0. The van der Waals surface area contributed by atoms with Gasteiger partial charge in [0.15, 0.2) is 34.5 Å². The van der Waals surface area contributed by atoms with Crippen LogP contribution in [0.5, 0.6) is 34.5 Å². The first-order chi connectivity index (χ1) is 27.4. The van der Waals surface area contributed by atoms with Crippen molar-refractivity contribution in [1.29, 1.82) is 0 Å². The van der Waals surface area contributed by atoms with Crippen LogP contribution in [0.4, 0.5) is 17.1 Å². The van der Waals surface area contributed by atoms with Crippen molar-refractivity contribution in [3.63, 3.8) is 0 Å². The fourth-order valence-corrected chi connectivity index (χ4v) is 6.29. The fraction of sp³-hybridized carbons (Fsp3) is 0.143. The Morgan fingerprint density at radius 1 is 0.339 bits per heavy atom. The Morgan fingerprint density at radius 2 is 0.661 bits per heavy atom. The SMILES string of the molecule is COc1ccc(/C=C/c2ccc(N(c3ccc(/C=C/Cc4ccc(OC)c(OC)c4)cc3)c3ccc(/C=C/c4ccc(OC)c(OC)c4)cc3)cc2)cc1OC. The van der Waals surface area contributed by atoms with E-state index in [1.807, 2.05) is 48.5 Å². The lowest BCUT2D eigenvalue weighted by Gasteiger charge is -2.26. The van der Waals surface area contributed by atoms with Gasteiger partial charge >= 0.3 is 0 Å². The molecule has 0 aliphatic carbocycles. The molecule has 0 spiro atoms. The Hall–Kier alpha value is -6.86. The van der Waals surface area contributed by atoms with Gasteiger partial charge in [-0.1, -0.05) is 91.1 Å². The van der Waals surface area contributed by atoms with Crippen molar-refractivity contribution >= 4 is 47.4 Å². The highest BCUT2D eigenvalue weighted by molar-refractivity contribution is 5.80. The minimum absolute atomic E-state index is 0.697. The summed E-state index contributed by atoms with van der Waals surface area (Å²) in [5, 5.41) is 0. The topological polar surface area (TPSA) is 58.6 Å². The molecule has 0 fully saturated rings. The molecule has 0 aliphatic heterocycles. The van der Waals surface area contributed by atoms with Crippen LogP contribution in [0.25, 0.3) is 30.4 Å². The molecule has 0 saturated heterocycles. The van der Waals surface area contributed by atoms with Gasteiger partial charge < -0.3 is 33.3 Å². The van der Waals surface area contributed by atoms with Gasteiger partial charge in [-0.15, -0.1) is 0 Å². The Kier molecular flexibility index (Phi) is 13.1. The third-order valence-electron chi connectivity index (χ3n) is 9.32. The van der Waals surface area contributed by atoms with E-state index in [1.54, 1.807) is 42.7 Å². The van der Waals surface area contributed by atoms with Crippen LogP contribution in [0.2, 0.25) is 0 Å². The van der Waals surface area contributed by atoms with Crippen LogP contribution < -0.4 is 33.3 Å². The predicted molar refractivity (Wildman–Crippen MR) is 230 cm³/mol. The molecule has 6 aromatic rings. The molecule has 0 heterocycles. The molecule has 7 heteroatoms. The number of hydrogen-bond acceptors (Lipinski definition) is 7. The van der Waals surface area contributed by atoms with Gasteiger partial charge in [-0.25, -0.2) is 0 Å². The van der Waals surface area contributed by atoms with Crippen molar-refractivity contribution < 1.29 is 28.4 Å². The first kappa shape index (κ1) is 38.9. The number of hydrogen-bond donors (Lipinski definition) is 0. The largest absolute Gasteiger partial charge is 0.493 e. The highest BCUT2D eigenvalue weighted by Gasteiger charge is 2.13. The van der Waals surface area contributed by atoms with Crippen LogP contribution >= 0.6 is 0 Å². The molecule has 0 amide bonds. The summed E-state index contributed by atoms with van der Waals surface area (Å²) in [6.07, 6.45) is 13.4. The molecule has 0 N–H and O–H groups in total. The van der Waals surface area contributed by atoms with Crippen molar-refractivity contribution in [2.75, 3.05) is 47.6 Å². The Morgan fingerprint density at radius 3 is 1.05 bits per heavy atom. The third kappa shape index (κ3) is 9.62. The smallest absolute Gasteiger partial charge is 0.161 e. The predicted octanol–water partition coefficient (Wildman–Crippen LogP) is 11.8. The molecule has 0 aliphatic rings. The van der Waals surface area contributed by atoms with Crippen molar-refractivity contribution in [3.8, 4) is 34.5 Å². The number of anilines is 3. The minimum Gasteiger partial charge on any atom is -0.493 e. The van der Waals surface area contributed by atoms with Crippen molar-refractivity contribution in [2.24, 2.45) is 0 Å². The Balaban J connectivity index is 1.24. The monoisotopic (exact) mass is 745 g/mol. The van der Waals surface area contributed by atoms with Crippen LogP contribution in [0, 0.1) is 0 Å². The van der Waals surface area contributed by atoms with Gasteiger partial charge in [-0.3, -0.25) is 0 Å². The quantitative estimate of drug-likeness (QED) is 0.0914. The zero-order chi connectivity index (χ0) is 39.3. The molecule has 56 heavy (non-hydrogen) atoms. The van der Waals surface area contributed by atoms with Crippen LogP contribution in [-0.4, -0.2) is 42.7 Å². The summed E-state index contributed by atoms with van der Waals surface area (Å²) in [5.74, 6) is 4.25. The van der Waals surface area contributed by atoms with Gasteiger partial charge in [0.2, 0.25) is 0 Å². The zero-order valence-electron chi connectivity index (χ0n) is 32.7. The molecule has 0 unspecified atom stereocenters. The van der Waals surface area contributed by atoms with E-state index in [0.29, 0.717) is 23.0 Å². The first-order valence-corrected chi connectivity index (χ1v) is 18.2. The average Bonchev–Trinajstić information content (AvgIpc) is 3.26. The Labute approximate surface area is 330 Å². The summed E-state index contributed by atoms with van der Waals surface area (Å²) in [6.45, 7) is 0. The van der Waals surface area contributed by atoms with E-state index in [9.17, 15) is 0 Å². The number of allylic oxidation sites excluding steroid dienone is 1. The lowest BCUT2D eigenvalue weighted by Crippen LogP contribution is -2.09. The summed E-state index contributed by atoms with van der Waals surface area (Å²) in [6, 6.07) is 43.5. The van der Waals surface area contributed by atoms with Gasteiger partial charge in [0.05, 0.1) is 42.7 Å². The Bertz CT molecular complexity index is 2180. The van der Waals surface area contributed by atoms with Gasteiger partial charge in [0.1, 0.15) is 0 Å². The maximum absolute atomic E-state index is 5.48. The zero-order valence-corrected chi connectivity index (χ0v) is 32.7. The van der Waals surface area contributed by atoms with Crippen LogP contribution in [0.3, 0.4) is 0 Å². The number of ether oxygens (including phenoxy) is 6. The molecule has 6 rings (SSSR count). The van der Waals surface area contributed by atoms with Crippen molar-refractivity contribution in [2.45, 2.75) is 6.42 Å². The summed E-state index contributed by atoms with van der Waals surface area (Å²) < 4.78 is 32.6. The fourth-order valence-electron chi connectivity index (χ4n) is 6.29. The number of benzene rings is 6. The summed E-state index contributed by atoms with van der Waals surface area (Å²) in [7, 11) is 9.87. The lowest BCUT2D eigenvalue weighted by molar-refractivity contribution is 0.354. The number of rotatable bonds is 16. The minimum atomic E-state index is 0.697. The van der Waals surface area contributed by atoms with Crippen LogP contribution in [0.15, 0.2) is 133 Å². The van der Waals surface area contributed by atoms with Gasteiger partial charge in [-0.2, -0.15) is 0 Å². The molecule has 0 saturated carbocycles. The second-order valence-corrected chi connectivity index (χ2v) is 12.8. The first-order valence-electron chi connectivity index (χ1n) is 18.2. The highest BCUT2D eigenvalue weighted by atomic mass is 16.5. The van der Waals surface area contributed by atoms with E-state index in [1.165, 1.54) is 0 Å². The van der Waals surface area contributed by atoms with Crippen molar-refractivity contribution in [1.82, 2.24) is 0 Å². The maximum atomic E-state index is 5.48. The van der Waals surface area contributed by atoms with E-state index in [4.69, 9.17) is 28.4 Å². The molecule has 0 bridgehead atoms. The van der Waals surface area contributed by atoms with Gasteiger partial charge in [-0.05, 0) is 113 Å². The van der Waals surface area contributed by atoms with E-state index in [0.717, 1.165) is 68.4 Å². The number of methoxy groups -OCH3 is 6. The average molecular weight is 746 g/mol. The molecule has 0 atom stereocenters. The maximum Gasteiger partial charge on any atom is 0.161 e. The molecule has 6 aromatic carbocycles. The summed E-state index contributed by atoms with van der Waals surface area (Å²) in [5.41, 5.74) is 9.58. The lowest BCUT2D eigenvalue weighted by atomic mass is 10.1. The van der Waals surface area contributed by atoms with Crippen LogP contribution in [-0.2, 0) is 6.42 Å². The van der Waals surface area contributed by atoms with Gasteiger partial charge in [0, 0.05) is 17.1 Å². The summed E-state index contributed by atoms with van der Waals surface area (Å²) in [4.78, 5) is 2.26. The molecule has 7 nitrogen and oxygen atoms in total.